The fraction of sp³-hybridized carbons (Fsp3) is 0.444. The number of likely N-dealkylation sites (tertiary alicyclic amines) is 1. The van der Waals surface area contributed by atoms with Crippen molar-refractivity contribution in [2.45, 2.75) is 45.1 Å². The first-order chi connectivity index (χ1) is 12.1. The predicted octanol–water partition coefficient (Wildman–Crippen LogP) is 2.44. The Kier molecular flexibility index (Phi) is 5.11. The van der Waals surface area contributed by atoms with E-state index in [4.69, 9.17) is 5.11 Å². The van der Waals surface area contributed by atoms with Crippen LogP contribution in [0.5, 0.6) is 0 Å². The van der Waals surface area contributed by atoms with Gasteiger partial charge in [0, 0.05) is 24.6 Å². The van der Waals surface area contributed by atoms with Crippen LogP contribution in [-0.2, 0) is 4.79 Å². The van der Waals surface area contributed by atoms with Gasteiger partial charge in [-0.1, -0.05) is 0 Å². The van der Waals surface area contributed by atoms with Gasteiger partial charge in [-0.05, 0) is 56.4 Å². The van der Waals surface area contributed by atoms with Crippen LogP contribution in [0.25, 0.3) is 5.69 Å². The molecule has 0 saturated carbocycles. The van der Waals surface area contributed by atoms with Gasteiger partial charge >= 0.3 is 5.97 Å². The Labute approximate surface area is 146 Å². The van der Waals surface area contributed by atoms with Crippen LogP contribution < -0.4 is 0 Å². The maximum Gasteiger partial charge on any atom is 0.303 e. The van der Waals surface area contributed by atoms with Gasteiger partial charge in [0.25, 0.3) is 5.91 Å². The summed E-state index contributed by atoms with van der Waals surface area (Å²) in [6.45, 7) is 2.59. The Hall–Kier alpha value is -2.70. The minimum atomic E-state index is -0.814. The number of carbonyl (C=O) groups is 2. The molecule has 25 heavy (non-hydrogen) atoms. The Balaban J connectivity index is 1.79. The molecule has 132 valence electrons. The number of piperidine rings is 1. The second-order valence-electron chi connectivity index (χ2n) is 6.42. The van der Waals surface area contributed by atoms with E-state index in [9.17, 15) is 9.59 Å². The van der Waals surface area contributed by atoms with Gasteiger partial charge < -0.3 is 10.0 Å². The van der Waals surface area contributed by atoms with Crippen LogP contribution in [-0.4, -0.2) is 49.2 Å². The monoisotopic (exact) mass is 342 g/mol. The van der Waals surface area contributed by atoms with Crippen molar-refractivity contribution in [3.63, 3.8) is 0 Å². The Morgan fingerprint density at radius 1 is 1.32 bits per heavy atom. The number of carboxylic acid groups (broad SMARTS) is 1. The fourth-order valence-electron chi connectivity index (χ4n) is 3.38. The van der Waals surface area contributed by atoms with Gasteiger partial charge in [0.05, 0.1) is 5.69 Å². The Morgan fingerprint density at radius 3 is 2.84 bits per heavy atom. The number of amides is 1. The molecular formula is C18H22N4O3. The van der Waals surface area contributed by atoms with Gasteiger partial charge in [0.2, 0.25) is 0 Å². The number of aryl methyl sites for hydroxylation is 1. The zero-order chi connectivity index (χ0) is 17.8. The standard InChI is InChI=1S/C18H22N4O3/c1-13-10-15(22-12-19-11-20-22)5-7-16(13)18(25)21-9-3-2-4-14(21)6-8-17(23)24/h5,7,10-12,14H,2-4,6,8-9H2,1H3,(H,23,24)/t14-/m1/s1. The van der Waals surface area contributed by atoms with Crippen LogP contribution in [0.4, 0.5) is 0 Å². The summed E-state index contributed by atoms with van der Waals surface area (Å²) in [6, 6.07) is 5.59. The summed E-state index contributed by atoms with van der Waals surface area (Å²) in [4.78, 5) is 29.7. The lowest BCUT2D eigenvalue weighted by atomic mass is 9.96. The van der Waals surface area contributed by atoms with Crippen LogP contribution in [0, 0.1) is 6.92 Å². The summed E-state index contributed by atoms with van der Waals surface area (Å²) in [6.07, 6.45) is 6.56. The molecule has 0 bridgehead atoms. The average molecular weight is 342 g/mol. The molecule has 7 nitrogen and oxygen atoms in total. The second kappa shape index (κ2) is 7.46. The van der Waals surface area contributed by atoms with Gasteiger partial charge in [-0.2, -0.15) is 5.10 Å². The van der Waals surface area contributed by atoms with Gasteiger partial charge in [-0.25, -0.2) is 9.67 Å². The van der Waals surface area contributed by atoms with Gasteiger partial charge in [-0.15, -0.1) is 0 Å². The fourth-order valence-corrected chi connectivity index (χ4v) is 3.38. The van der Waals surface area contributed by atoms with Crippen LogP contribution in [0.1, 0.15) is 48.0 Å². The van der Waals surface area contributed by atoms with Crippen LogP contribution in [0.2, 0.25) is 0 Å². The van der Waals surface area contributed by atoms with Crippen molar-refractivity contribution in [3.8, 4) is 5.69 Å². The number of hydrogen-bond donors (Lipinski definition) is 1. The maximum absolute atomic E-state index is 13.0. The summed E-state index contributed by atoms with van der Waals surface area (Å²) in [7, 11) is 0. The smallest absolute Gasteiger partial charge is 0.303 e. The summed E-state index contributed by atoms with van der Waals surface area (Å²) >= 11 is 0. The summed E-state index contributed by atoms with van der Waals surface area (Å²) in [5.74, 6) is -0.830. The van der Waals surface area contributed by atoms with E-state index in [1.165, 1.54) is 6.33 Å². The molecule has 1 N–H and O–H groups in total. The van der Waals surface area contributed by atoms with E-state index in [-0.39, 0.29) is 18.4 Å². The molecule has 0 radical (unpaired) electrons. The number of aliphatic carboxylic acids is 1. The van der Waals surface area contributed by atoms with E-state index in [0.717, 1.165) is 30.5 Å². The van der Waals surface area contributed by atoms with Crippen molar-refractivity contribution in [1.29, 1.82) is 0 Å². The molecule has 3 rings (SSSR count). The molecule has 2 heterocycles. The molecule has 1 fully saturated rings. The number of aromatic nitrogens is 3. The summed E-state index contributed by atoms with van der Waals surface area (Å²) in [5, 5.41) is 13.0. The van der Waals surface area contributed by atoms with Crippen molar-refractivity contribution in [2.24, 2.45) is 0 Å². The molecule has 1 saturated heterocycles. The topological polar surface area (TPSA) is 88.3 Å². The van der Waals surface area contributed by atoms with Gasteiger partial charge in [0.1, 0.15) is 12.7 Å². The van der Waals surface area contributed by atoms with E-state index >= 15 is 0 Å². The molecule has 1 aromatic heterocycles. The number of benzene rings is 1. The van der Waals surface area contributed by atoms with Crippen molar-refractivity contribution >= 4 is 11.9 Å². The number of rotatable bonds is 5. The number of nitrogens with zero attached hydrogens (tertiary/aromatic N) is 4. The molecule has 1 atom stereocenters. The Bertz CT molecular complexity index is 758. The van der Waals surface area contributed by atoms with E-state index in [2.05, 4.69) is 10.1 Å². The molecule has 0 spiro atoms. The zero-order valence-electron chi connectivity index (χ0n) is 14.3. The average Bonchev–Trinajstić information content (AvgIpc) is 3.14. The molecule has 0 unspecified atom stereocenters. The van der Waals surface area contributed by atoms with Crippen LogP contribution in [0.15, 0.2) is 30.9 Å². The van der Waals surface area contributed by atoms with Gasteiger partial charge in [-0.3, -0.25) is 9.59 Å². The lowest BCUT2D eigenvalue weighted by molar-refractivity contribution is -0.137. The third-order valence-electron chi connectivity index (χ3n) is 4.70. The first-order valence-corrected chi connectivity index (χ1v) is 8.54. The largest absolute Gasteiger partial charge is 0.481 e. The van der Waals surface area contributed by atoms with E-state index < -0.39 is 5.97 Å². The highest BCUT2D eigenvalue weighted by molar-refractivity contribution is 5.96. The zero-order valence-corrected chi connectivity index (χ0v) is 14.3. The molecule has 1 aliphatic heterocycles. The van der Waals surface area contributed by atoms with Crippen molar-refractivity contribution < 1.29 is 14.7 Å². The van der Waals surface area contributed by atoms with E-state index in [0.29, 0.717) is 18.5 Å². The molecule has 2 aromatic rings. The first-order valence-electron chi connectivity index (χ1n) is 8.54. The molecule has 1 amide bonds. The highest BCUT2D eigenvalue weighted by Gasteiger charge is 2.28. The minimum Gasteiger partial charge on any atom is -0.481 e. The SMILES string of the molecule is Cc1cc(-n2cncn2)ccc1C(=O)N1CCCC[C@@H]1CCC(=O)O. The van der Waals surface area contributed by atoms with Crippen molar-refractivity contribution in [2.75, 3.05) is 6.54 Å². The number of hydrogen-bond acceptors (Lipinski definition) is 4. The second-order valence-corrected chi connectivity index (χ2v) is 6.42. The number of carboxylic acids is 1. The normalized spacial score (nSPS) is 17.5. The lowest BCUT2D eigenvalue weighted by Crippen LogP contribution is -2.44. The lowest BCUT2D eigenvalue weighted by Gasteiger charge is -2.36. The highest BCUT2D eigenvalue weighted by atomic mass is 16.4. The van der Waals surface area contributed by atoms with Crippen LogP contribution >= 0.6 is 0 Å². The van der Waals surface area contributed by atoms with E-state index in [1.807, 2.05) is 30.0 Å². The molecule has 1 aromatic carbocycles. The third kappa shape index (κ3) is 3.87. The minimum absolute atomic E-state index is 0.00624. The highest BCUT2D eigenvalue weighted by Crippen LogP contribution is 2.25. The first kappa shape index (κ1) is 17.1. The maximum atomic E-state index is 13.0. The van der Waals surface area contributed by atoms with Crippen molar-refractivity contribution in [1.82, 2.24) is 19.7 Å². The Morgan fingerprint density at radius 2 is 2.16 bits per heavy atom. The summed E-state index contributed by atoms with van der Waals surface area (Å²) in [5.41, 5.74) is 2.39. The number of carbonyl (C=O) groups excluding carboxylic acids is 1. The van der Waals surface area contributed by atoms with Crippen molar-refractivity contribution in [3.05, 3.63) is 42.0 Å². The molecule has 7 heteroatoms. The third-order valence-corrected chi connectivity index (χ3v) is 4.70. The quantitative estimate of drug-likeness (QED) is 0.901. The van der Waals surface area contributed by atoms with Crippen LogP contribution in [0.3, 0.4) is 0 Å². The predicted molar refractivity (Wildman–Crippen MR) is 91.6 cm³/mol. The molecule has 1 aliphatic rings. The van der Waals surface area contributed by atoms with E-state index in [1.54, 1.807) is 11.0 Å². The molecular weight excluding hydrogens is 320 g/mol. The molecule has 0 aliphatic carbocycles. The van der Waals surface area contributed by atoms with Gasteiger partial charge in [0.15, 0.2) is 0 Å². The summed E-state index contributed by atoms with van der Waals surface area (Å²) < 4.78 is 1.65.